The second-order valence-corrected chi connectivity index (χ2v) is 5.38. The van der Waals surface area contributed by atoms with E-state index in [1.807, 2.05) is 12.1 Å². The molecule has 2 amide bonds. The lowest BCUT2D eigenvalue weighted by atomic mass is 10.2. The van der Waals surface area contributed by atoms with Crippen LogP contribution in [0, 0.1) is 0 Å². The highest BCUT2D eigenvalue weighted by Crippen LogP contribution is 2.10. The normalized spacial score (nSPS) is 15.5. The second-order valence-electron chi connectivity index (χ2n) is 5.38. The fourth-order valence-electron chi connectivity index (χ4n) is 2.27. The molecule has 0 aromatic heterocycles. The van der Waals surface area contributed by atoms with E-state index in [-0.39, 0.29) is 11.8 Å². The zero-order chi connectivity index (χ0) is 16.5. The minimum absolute atomic E-state index is 0.104. The average Bonchev–Trinajstić information content (AvgIpc) is 2.55. The summed E-state index contributed by atoms with van der Waals surface area (Å²) < 4.78 is 5.28. The standard InChI is InChI=1S/C17H23N3O3/c1-14(21)19-16-5-2-15(3-6-16)4-7-17(22)18-8-9-20-10-12-23-13-11-20/h2-7H,8-13H2,1H3,(H,18,22)(H,19,21)/b7-4+. The van der Waals surface area contributed by atoms with Crippen molar-refractivity contribution in [1.29, 1.82) is 0 Å². The van der Waals surface area contributed by atoms with Crippen LogP contribution < -0.4 is 10.6 Å². The minimum Gasteiger partial charge on any atom is -0.379 e. The van der Waals surface area contributed by atoms with Crippen molar-refractivity contribution in [1.82, 2.24) is 10.2 Å². The molecule has 1 aromatic rings. The molecule has 0 aliphatic carbocycles. The van der Waals surface area contributed by atoms with Crippen LogP contribution in [-0.4, -0.2) is 56.1 Å². The molecule has 0 bridgehead atoms. The number of benzene rings is 1. The first-order valence-corrected chi connectivity index (χ1v) is 7.77. The number of hydrogen-bond acceptors (Lipinski definition) is 4. The summed E-state index contributed by atoms with van der Waals surface area (Å²) in [7, 11) is 0. The fraction of sp³-hybridized carbons (Fsp3) is 0.412. The van der Waals surface area contributed by atoms with Crippen LogP contribution in [0.3, 0.4) is 0 Å². The number of nitrogens with one attached hydrogen (secondary N) is 2. The SMILES string of the molecule is CC(=O)Nc1ccc(/C=C/C(=O)NCCN2CCOCC2)cc1. The minimum atomic E-state index is -0.107. The maximum Gasteiger partial charge on any atom is 0.244 e. The molecule has 2 rings (SSSR count). The van der Waals surface area contributed by atoms with Crippen LogP contribution in [0.4, 0.5) is 5.69 Å². The number of rotatable bonds is 6. The quantitative estimate of drug-likeness (QED) is 0.771. The third kappa shape index (κ3) is 6.63. The Balaban J connectivity index is 1.71. The van der Waals surface area contributed by atoms with Crippen LogP contribution in [0.1, 0.15) is 12.5 Å². The number of ether oxygens (including phenoxy) is 1. The van der Waals surface area contributed by atoms with Crippen molar-refractivity contribution in [3.63, 3.8) is 0 Å². The summed E-state index contributed by atoms with van der Waals surface area (Å²) in [5.74, 6) is -0.211. The van der Waals surface area contributed by atoms with Crippen LogP contribution in [0.5, 0.6) is 0 Å². The molecule has 1 heterocycles. The summed E-state index contributed by atoms with van der Waals surface area (Å²) in [6.07, 6.45) is 3.27. The number of anilines is 1. The van der Waals surface area contributed by atoms with Gasteiger partial charge in [-0.1, -0.05) is 12.1 Å². The van der Waals surface area contributed by atoms with Crippen molar-refractivity contribution in [3.05, 3.63) is 35.9 Å². The van der Waals surface area contributed by atoms with Crippen LogP contribution in [0.25, 0.3) is 6.08 Å². The van der Waals surface area contributed by atoms with Gasteiger partial charge in [0.25, 0.3) is 0 Å². The fourth-order valence-corrected chi connectivity index (χ4v) is 2.27. The lowest BCUT2D eigenvalue weighted by Gasteiger charge is -2.26. The van der Waals surface area contributed by atoms with E-state index >= 15 is 0 Å². The number of morpholine rings is 1. The molecule has 0 unspecified atom stereocenters. The largest absolute Gasteiger partial charge is 0.379 e. The van der Waals surface area contributed by atoms with Gasteiger partial charge in [-0.25, -0.2) is 0 Å². The van der Waals surface area contributed by atoms with E-state index < -0.39 is 0 Å². The Hall–Kier alpha value is -2.18. The van der Waals surface area contributed by atoms with Gasteiger partial charge in [0.2, 0.25) is 11.8 Å². The molecule has 23 heavy (non-hydrogen) atoms. The van der Waals surface area contributed by atoms with Gasteiger partial charge in [0.05, 0.1) is 13.2 Å². The number of hydrogen-bond donors (Lipinski definition) is 2. The zero-order valence-electron chi connectivity index (χ0n) is 13.4. The van der Waals surface area contributed by atoms with Crippen molar-refractivity contribution in [2.24, 2.45) is 0 Å². The van der Waals surface area contributed by atoms with E-state index in [2.05, 4.69) is 15.5 Å². The third-order valence-electron chi connectivity index (χ3n) is 3.49. The molecular weight excluding hydrogens is 294 g/mol. The number of amides is 2. The Labute approximate surface area is 136 Å². The summed E-state index contributed by atoms with van der Waals surface area (Å²) >= 11 is 0. The summed E-state index contributed by atoms with van der Waals surface area (Å²) in [6, 6.07) is 7.31. The smallest absolute Gasteiger partial charge is 0.244 e. The molecule has 1 aromatic carbocycles. The molecule has 0 atom stereocenters. The molecule has 124 valence electrons. The van der Waals surface area contributed by atoms with Gasteiger partial charge in [-0.05, 0) is 23.8 Å². The Morgan fingerprint density at radius 1 is 1.22 bits per heavy atom. The predicted octanol–water partition coefficient (Wildman–Crippen LogP) is 1.11. The lowest BCUT2D eigenvalue weighted by molar-refractivity contribution is -0.116. The summed E-state index contributed by atoms with van der Waals surface area (Å²) in [6.45, 7) is 6.32. The van der Waals surface area contributed by atoms with Crippen molar-refractivity contribution in [2.75, 3.05) is 44.7 Å². The van der Waals surface area contributed by atoms with Crippen molar-refractivity contribution in [3.8, 4) is 0 Å². The van der Waals surface area contributed by atoms with Crippen LogP contribution in [0.2, 0.25) is 0 Å². The highest BCUT2D eigenvalue weighted by Gasteiger charge is 2.09. The average molecular weight is 317 g/mol. The molecule has 2 N–H and O–H groups in total. The van der Waals surface area contributed by atoms with E-state index in [1.54, 1.807) is 18.2 Å². The van der Waals surface area contributed by atoms with Crippen molar-refractivity contribution in [2.45, 2.75) is 6.92 Å². The molecule has 0 spiro atoms. The zero-order valence-corrected chi connectivity index (χ0v) is 13.4. The predicted molar refractivity (Wildman–Crippen MR) is 90.0 cm³/mol. The Bertz CT molecular complexity index is 549. The number of carbonyl (C=O) groups excluding carboxylic acids is 2. The first-order chi connectivity index (χ1) is 11.1. The molecule has 1 aliphatic heterocycles. The molecule has 6 nitrogen and oxygen atoms in total. The molecular formula is C17H23N3O3. The van der Waals surface area contributed by atoms with Crippen LogP contribution >= 0.6 is 0 Å². The van der Waals surface area contributed by atoms with E-state index in [4.69, 9.17) is 4.74 Å². The van der Waals surface area contributed by atoms with Gasteiger partial charge in [-0.2, -0.15) is 0 Å². The molecule has 1 fully saturated rings. The molecule has 6 heteroatoms. The molecule has 1 saturated heterocycles. The van der Waals surface area contributed by atoms with E-state index in [0.717, 1.165) is 44.1 Å². The Morgan fingerprint density at radius 3 is 2.57 bits per heavy atom. The Kier molecular flexibility index (Phi) is 6.77. The van der Waals surface area contributed by atoms with Crippen molar-refractivity contribution >= 4 is 23.6 Å². The van der Waals surface area contributed by atoms with Gasteiger partial charge in [-0.3, -0.25) is 14.5 Å². The number of nitrogens with zero attached hydrogens (tertiary/aromatic N) is 1. The molecule has 0 saturated carbocycles. The first-order valence-electron chi connectivity index (χ1n) is 7.77. The van der Waals surface area contributed by atoms with Crippen LogP contribution in [0.15, 0.2) is 30.3 Å². The van der Waals surface area contributed by atoms with Crippen molar-refractivity contribution < 1.29 is 14.3 Å². The highest BCUT2D eigenvalue weighted by molar-refractivity contribution is 5.92. The van der Waals surface area contributed by atoms with Gasteiger partial charge in [-0.15, -0.1) is 0 Å². The second kappa shape index (κ2) is 9.07. The first kappa shape index (κ1) is 17.2. The summed E-state index contributed by atoms with van der Waals surface area (Å²) in [5, 5.41) is 5.57. The summed E-state index contributed by atoms with van der Waals surface area (Å²) in [5.41, 5.74) is 1.65. The monoisotopic (exact) mass is 317 g/mol. The lowest BCUT2D eigenvalue weighted by Crippen LogP contribution is -2.41. The van der Waals surface area contributed by atoms with Gasteiger partial charge >= 0.3 is 0 Å². The maximum atomic E-state index is 11.8. The topological polar surface area (TPSA) is 70.7 Å². The molecule has 1 aliphatic rings. The van der Waals surface area contributed by atoms with Crippen LogP contribution in [-0.2, 0) is 14.3 Å². The number of carbonyl (C=O) groups is 2. The van der Waals surface area contributed by atoms with E-state index in [0.29, 0.717) is 6.54 Å². The van der Waals surface area contributed by atoms with Gasteiger partial charge < -0.3 is 15.4 Å². The Morgan fingerprint density at radius 2 is 1.91 bits per heavy atom. The maximum absolute atomic E-state index is 11.8. The van der Waals surface area contributed by atoms with E-state index in [9.17, 15) is 9.59 Å². The third-order valence-corrected chi connectivity index (χ3v) is 3.49. The van der Waals surface area contributed by atoms with Gasteiger partial charge in [0, 0.05) is 44.9 Å². The van der Waals surface area contributed by atoms with Gasteiger partial charge in [0.1, 0.15) is 0 Å². The summed E-state index contributed by atoms with van der Waals surface area (Å²) in [4.78, 5) is 25.0. The highest BCUT2D eigenvalue weighted by atomic mass is 16.5. The van der Waals surface area contributed by atoms with E-state index in [1.165, 1.54) is 13.0 Å². The molecule has 0 radical (unpaired) electrons. The van der Waals surface area contributed by atoms with Gasteiger partial charge in [0.15, 0.2) is 0 Å².